The lowest BCUT2D eigenvalue weighted by Crippen LogP contribution is -2.43. The summed E-state index contributed by atoms with van der Waals surface area (Å²) in [6.07, 6.45) is 24.0. The van der Waals surface area contributed by atoms with Crippen LogP contribution in [0.1, 0.15) is 76.3 Å². The molecule has 4 aliphatic heterocycles. The molecule has 1 aromatic carbocycles. The van der Waals surface area contributed by atoms with Crippen LogP contribution in [0, 0.1) is 5.82 Å². The number of amidine groups is 1. The van der Waals surface area contributed by atoms with Crippen molar-refractivity contribution in [2.75, 3.05) is 6.54 Å². The quantitative estimate of drug-likeness (QED) is 0.260. The van der Waals surface area contributed by atoms with Gasteiger partial charge in [-0.05, 0) is 87.5 Å². The number of fused-ring (bicyclic) bond motifs is 1. The first-order valence-electron chi connectivity index (χ1n) is 18.3. The van der Waals surface area contributed by atoms with E-state index in [1.807, 2.05) is 36.5 Å². The van der Waals surface area contributed by atoms with Gasteiger partial charge in [0.15, 0.2) is 0 Å². The Morgan fingerprint density at radius 3 is 2.87 bits per heavy atom. The molecular weight excluding hydrogens is 698 g/mol. The zero-order chi connectivity index (χ0) is 36.4. The highest BCUT2D eigenvalue weighted by Gasteiger charge is 2.45. The fraction of sp³-hybridized carbons (Fsp3) is 0.405. The molecule has 52 heavy (non-hydrogen) atoms. The highest BCUT2D eigenvalue weighted by atomic mass is 35.5. The molecule has 0 saturated carbocycles. The summed E-state index contributed by atoms with van der Waals surface area (Å²) in [6, 6.07) is 3.47. The minimum absolute atomic E-state index is 0.0644. The van der Waals surface area contributed by atoms with Crippen LogP contribution in [0.5, 0.6) is 0 Å². The standard InChI is InChI=1S/C42H45ClF2N4O2S/c1-3-48(41(50)28-10-8-21-42(51,22-20-28)29-11-6-4-5-7-12-29)32-25-36-38(35-19-17-31(46-35)16-14-27(2)44)39(33-18-15-30(45)24-34(33)43)47-40(49(36)26-32)37-13-9-23-52-37/h3-6,9-12,15,17-19,23-24,27,31-32,37,39,51H,1,7-8,13-14,16,20-22,25-26H2,2H3/t27?,31?,32?,37?,39-,42?/m0/s1. The van der Waals surface area contributed by atoms with E-state index in [1.165, 1.54) is 12.1 Å². The van der Waals surface area contributed by atoms with Crippen LogP contribution in [0.15, 0.2) is 123 Å². The average molecular weight is 743 g/mol. The van der Waals surface area contributed by atoms with E-state index in [2.05, 4.69) is 35.1 Å². The van der Waals surface area contributed by atoms with Gasteiger partial charge < -0.3 is 14.9 Å². The Morgan fingerprint density at radius 1 is 1.23 bits per heavy atom. The number of amides is 1. The SMILES string of the molecule is C=CN(C(=O)C1=CCCC(O)(C2=CCC=CC=C2)CC1)C1CC2=C(C3=NC(CCC(C)F)C=C3)[C@H](c3ccc(F)cc3Cl)N=C(C3CC=CS3)N2C1. The number of hydrogen-bond donors (Lipinski definition) is 1. The second kappa shape index (κ2) is 15.7. The van der Waals surface area contributed by atoms with Crippen molar-refractivity contribution in [1.82, 2.24) is 9.80 Å². The number of alkyl halides is 1. The summed E-state index contributed by atoms with van der Waals surface area (Å²) >= 11 is 8.46. The Kier molecular flexibility index (Phi) is 11.0. The lowest BCUT2D eigenvalue weighted by Gasteiger charge is -2.35. The molecule has 10 heteroatoms. The van der Waals surface area contributed by atoms with Crippen molar-refractivity contribution in [1.29, 1.82) is 0 Å². The van der Waals surface area contributed by atoms with E-state index in [0.717, 1.165) is 41.2 Å². The van der Waals surface area contributed by atoms with E-state index in [-0.39, 0.29) is 28.3 Å². The lowest BCUT2D eigenvalue weighted by molar-refractivity contribution is -0.126. The zero-order valence-corrected chi connectivity index (χ0v) is 31.0. The molecule has 2 aliphatic carbocycles. The summed E-state index contributed by atoms with van der Waals surface area (Å²) < 4.78 is 28.2. The Morgan fingerprint density at radius 2 is 2.10 bits per heavy atom. The van der Waals surface area contributed by atoms with Gasteiger partial charge in [0.1, 0.15) is 17.7 Å². The summed E-state index contributed by atoms with van der Waals surface area (Å²) in [5.74, 6) is 0.359. The van der Waals surface area contributed by atoms with Crippen molar-refractivity contribution in [2.24, 2.45) is 9.98 Å². The molecule has 6 atom stereocenters. The minimum atomic E-state index is -1.00. The van der Waals surface area contributed by atoms with Gasteiger partial charge in [-0.3, -0.25) is 14.8 Å². The smallest absolute Gasteiger partial charge is 0.253 e. The third kappa shape index (κ3) is 7.50. The van der Waals surface area contributed by atoms with Crippen LogP contribution in [0.2, 0.25) is 5.02 Å². The number of hydrogen-bond acceptors (Lipinski definition) is 6. The van der Waals surface area contributed by atoms with E-state index in [1.54, 1.807) is 35.9 Å². The Labute approximate surface area is 314 Å². The number of rotatable bonds is 10. The van der Waals surface area contributed by atoms with Crippen LogP contribution in [0.25, 0.3) is 0 Å². The molecule has 1 N–H and O–H groups in total. The average Bonchev–Trinajstić information content (AvgIpc) is 3.84. The largest absolute Gasteiger partial charge is 0.385 e. The molecule has 1 amide bonds. The van der Waals surface area contributed by atoms with E-state index in [9.17, 15) is 18.7 Å². The van der Waals surface area contributed by atoms with Crippen LogP contribution < -0.4 is 0 Å². The molecule has 0 bridgehead atoms. The summed E-state index contributed by atoms with van der Waals surface area (Å²) in [5, 5.41) is 14.2. The Balaban J connectivity index is 1.22. The number of thioether (sulfide) groups is 1. The number of aliphatic hydroxyl groups is 1. The predicted molar refractivity (Wildman–Crippen MR) is 209 cm³/mol. The van der Waals surface area contributed by atoms with Crippen LogP contribution >= 0.6 is 23.4 Å². The van der Waals surface area contributed by atoms with Crippen molar-refractivity contribution in [3.8, 4) is 0 Å². The molecule has 6 aliphatic rings. The molecule has 5 unspecified atom stereocenters. The summed E-state index contributed by atoms with van der Waals surface area (Å²) in [5.41, 5.74) is 3.89. The predicted octanol–water partition coefficient (Wildman–Crippen LogP) is 9.44. The number of halogens is 3. The number of aliphatic imine (C=N–C) groups is 2. The van der Waals surface area contributed by atoms with Gasteiger partial charge in [-0.1, -0.05) is 72.9 Å². The monoisotopic (exact) mass is 742 g/mol. The van der Waals surface area contributed by atoms with E-state index >= 15 is 0 Å². The van der Waals surface area contributed by atoms with Crippen LogP contribution in [0.3, 0.4) is 0 Å². The number of benzene rings is 1. The number of allylic oxidation sites excluding steroid dienone is 7. The maximum Gasteiger partial charge on any atom is 0.253 e. The highest BCUT2D eigenvalue weighted by Crippen LogP contribution is 2.46. The molecule has 1 saturated heterocycles. The maximum atomic E-state index is 14.4. The Hall–Kier alpha value is -3.79. The molecule has 0 spiro atoms. The van der Waals surface area contributed by atoms with Gasteiger partial charge >= 0.3 is 0 Å². The van der Waals surface area contributed by atoms with E-state index in [4.69, 9.17) is 21.6 Å². The Bertz CT molecular complexity index is 1880. The van der Waals surface area contributed by atoms with Crippen LogP contribution in [0.4, 0.5) is 8.78 Å². The fourth-order valence-corrected chi connectivity index (χ4v) is 9.29. The van der Waals surface area contributed by atoms with Crippen molar-refractivity contribution >= 4 is 40.8 Å². The van der Waals surface area contributed by atoms with Gasteiger partial charge in [0.2, 0.25) is 0 Å². The highest BCUT2D eigenvalue weighted by molar-refractivity contribution is 8.03. The molecule has 7 rings (SSSR count). The summed E-state index contributed by atoms with van der Waals surface area (Å²) in [7, 11) is 0. The van der Waals surface area contributed by atoms with E-state index in [0.29, 0.717) is 62.6 Å². The topological polar surface area (TPSA) is 68.5 Å². The molecule has 1 fully saturated rings. The van der Waals surface area contributed by atoms with Gasteiger partial charge in [0, 0.05) is 46.6 Å². The molecule has 6 nitrogen and oxygen atoms in total. The summed E-state index contributed by atoms with van der Waals surface area (Å²) in [6.45, 7) is 6.17. The lowest BCUT2D eigenvalue weighted by atomic mass is 9.85. The number of carbonyl (C=O) groups is 1. The molecule has 0 radical (unpaired) electrons. The van der Waals surface area contributed by atoms with Gasteiger partial charge in [-0.25, -0.2) is 8.78 Å². The summed E-state index contributed by atoms with van der Waals surface area (Å²) in [4.78, 5) is 28.8. The molecule has 1 aromatic rings. The van der Waals surface area contributed by atoms with Crippen molar-refractivity contribution < 1.29 is 18.7 Å². The number of nitrogens with zero attached hydrogens (tertiary/aromatic N) is 4. The fourth-order valence-electron chi connectivity index (χ4n) is 8.07. The van der Waals surface area contributed by atoms with Crippen LogP contribution in [-0.2, 0) is 4.79 Å². The minimum Gasteiger partial charge on any atom is -0.385 e. The second-order valence-electron chi connectivity index (χ2n) is 14.3. The van der Waals surface area contributed by atoms with Crippen molar-refractivity contribution in [3.05, 3.63) is 130 Å². The van der Waals surface area contributed by atoms with Gasteiger partial charge in [-0.15, -0.1) is 11.8 Å². The zero-order valence-electron chi connectivity index (χ0n) is 29.4. The first-order chi connectivity index (χ1) is 25.1. The maximum absolute atomic E-state index is 14.4. The molecule has 0 aromatic heterocycles. The van der Waals surface area contributed by atoms with E-state index < -0.39 is 23.6 Å². The van der Waals surface area contributed by atoms with Gasteiger partial charge in [0.05, 0.1) is 34.8 Å². The molecule has 4 heterocycles. The van der Waals surface area contributed by atoms with Gasteiger partial charge in [-0.2, -0.15) is 0 Å². The third-order valence-electron chi connectivity index (χ3n) is 10.8. The van der Waals surface area contributed by atoms with Crippen LogP contribution in [-0.4, -0.2) is 68.0 Å². The van der Waals surface area contributed by atoms with Crippen molar-refractivity contribution in [2.45, 2.75) is 99.9 Å². The van der Waals surface area contributed by atoms with Crippen molar-refractivity contribution in [3.63, 3.8) is 0 Å². The first-order valence-corrected chi connectivity index (χ1v) is 19.6. The molecule has 272 valence electrons. The number of carbonyl (C=O) groups excluding carboxylic acids is 1. The normalized spacial score (nSPS) is 28.9. The third-order valence-corrected chi connectivity index (χ3v) is 12.2. The first kappa shape index (κ1) is 36.6. The second-order valence-corrected chi connectivity index (χ2v) is 15.8. The van der Waals surface area contributed by atoms with Gasteiger partial charge in [0.25, 0.3) is 5.91 Å². The molecular formula is C42H45ClF2N4O2S.